The molecular weight excluding hydrogens is 356 g/mol. The third-order valence-electron chi connectivity index (χ3n) is 6.00. The summed E-state index contributed by atoms with van der Waals surface area (Å²) in [5.74, 6) is 2.80. The van der Waals surface area contributed by atoms with E-state index in [1.165, 1.54) is 39.9 Å². The molecule has 1 aliphatic heterocycles. The van der Waals surface area contributed by atoms with Crippen molar-refractivity contribution in [3.63, 3.8) is 0 Å². The molecule has 0 aromatic carbocycles. The minimum atomic E-state index is 0.470. The van der Waals surface area contributed by atoms with Crippen LogP contribution in [0.4, 0.5) is 5.82 Å². The second-order valence-electron chi connectivity index (χ2n) is 8.07. The lowest BCUT2D eigenvalue weighted by atomic mass is 9.89. The second kappa shape index (κ2) is 8.41. The van der Waals surface area contributed by atoms with E-state index in [1.54, 1.807) is 0 Å². The van der Waals surface area contributed by atoms with Gasteiger partial charge in [0.25, 0.3) is 0 Å². The maximum atomic E-state index is 5.49. The lowest BCUT2D eigenvalue weighted by Gasteiger charge is -2.26. The minimum Gasteiger partial charge on any atom is -0.379 e. The molecule has 0 bridgehead atoms. The monoisotopic (exact) mass is 388 g/mol. The fourth-order valence-electron chi connectivity index (χ4n) is 4.21. The van der Waals surface area contributed by atoms with E-state index in [9.17, 15) is 0 Å². The van der Waals surface area contributed by atoms with Crippen LogP contribution in [-0.2, 0) is 24.1 Å². The van der Waals surface area contributed by atoms with Gasteiger partial charge in [-0.05, 0) is 43.6 Å². The highest BCUT2D eigenvalue weighted by Crippen LogP contribution is 2.40. The van der Waals surface area contributed by atoms with E-state index < -0.39 is 0 Å². The number of anilines is 1. The molecule has 2 aliphatic rings. The molecule has 0 unspecified atom stereocenters. The number of aromatic nitrogens is 2. The Kier molecular flexibility index (Phi) is 5.95. The molecular formula is C21H32N4OS. The lowest BCUT2D eigenvalue weighted by Crippen LogP contribution is -2.36. The third kappa shape index (κ3) is 4.13. The van der Waals surface area contributed by atoms with Crippen LogP contribution in [-0.4, -0.2) is 47.2 Å². The normalized spacial score (nSPS) is 21.0. The van der Waals surface area contributed by atoms with E-state index in [0.29, 0.717) is 6.04 Å². The molecule has 3 heterocycles. The molecule has 6 heteroatoms. The number of hydrogen-bond acceptors (Lipinski definition) is 6. The molecule has 1 fully saturated rings. The predicted molar refractivity (Wildman–Crippen MR) is 113 cm³/mol. The molecule has 5 nitrogen and oxygen atoms in total. The smallest absolute Gasteiger partial charge is 0.146 e. The van der Waals surface area contributed by atoms with Crippen molar-refractivity contribution in [1.82, 2.24) is 14.9 Å². The van der Waals surface area contributed by atoms with Crippen molar-refractivity contribution in [2.75, 3.05) is 31.6 Å². The molecule has 0 radical (unpaired) electrons. The highest BCUT2D eigenvalue weighted by atomic mass is 32.1. The fourth-order valence-corrected chi connectivity index (χ4v) is 5.61. The molecule has 1 saturated heterocycles. The van der Waals surface area contributed by atoms with Crippen molar-refractivity contribution in [3.05, 3.63) is 16.3 Å². The van der Waals surface area contributed by atoms with E-state index in [1.807, 2.05) is 11.3 Å². The van der Waals surface area contributed by atoms with Crippen molar-refractivity contribution < 1.29 is 4.74 Å². The van der Waals surface area contributed by atoms with Gasteiger partial charge in [-0.3, -0.25) is 4.90 Å². The average molecular weight is 389 g/mol. The molecule has 1 N–H and O–H groups in total. The van der Waals surface area contributed by atoms with Gasteiger partial charge in [-0.25, -0.2) is 9.97 Å². The maximum absolute atomic E-state index is 5.49. The first-order chi connectivity index (χ1) is 13.2. The Morgan fingerprint density at radius 1 is 1.22 bits per heavy atom. The maximum Gasteiger partial charge on any atom is 0.146 e. The summed E-state index contributed by atoms with van der Waals surface area (Å²) in [6.45, 7) is 11.2. The summed E-state index contributed by atoms with van der Waals surface area (Å²) in [6.07, 6.45) is 5.87. The zero-order chi connectivity index (χ0) is 18.8. The number of hydrogen-bond donors (Lipinski definition) is 1. The first-order valence-electron chi connectivity index (χ1n) is 10.6. The minimum absolute atomic E-state index is 0.470. The van der Waals surface area contributed by atoms with Crippen LogP contribution in [0.25, 0.3) is 10.2 Å². The van der Waals surface area contributed by atoms with Gasteiger partial charge in [0, 0.05) is 24.0 Å². The van der Waals surface area contributed by atoms with Crippen LogP contribution in [0.5, 0.6) is 0 Å². The van der Waals surface area contributed by atoms with Crippen LogP contribution >= 0.6 is 11.3 Å². The topological polar surface area (TPSA) is 50.3 Å². The van der Waals surface area contributed by atoms with E-state index >= 15 is 0 Å². The molecule has 2 aromatic rings. The lowest BCUT2D eigenvalue weighted by molar-refractivity contribution is 0.0331. The van der Waals surface area contributed by atoms with E-state index in [-0.39, 0.29) is 0 Å². The zero-order valence-electron chi connectivity index (χ0n) is 16.9. The Labute approximate surface area is 166 Å². The highest BCUT2D eigenvalue weighted by Gasteiger charge is 2.25. The van der Waals surface area contributed by atoms with E-state index in [0.717, 1.165) is 63.2 Å². The van der Waals surface area contributed by atoms with Crippen LogP contribution in [0.3, 0.4) is 0 Å². The molecule has 0 saturated carbocycles. The Morgan fingerprint density at radius 3 is 2.74 bits per heavy atom. The van der Waals surface area contributed by atoms with Crippen LogP contribution in [0.1, 0.15) is 56.3 Å². The molecule has 148 valence electrons. The van der Waals surface area contributed by atoms with Crippen molar-refractivity contribution >= 4 is 27.4 Å². The molecule has 2 aromatic heterocycles. The molecule has 0 amide bonds. The van der Waals surface area contributed by atoms with Gasteiger partial charge >= 0.3 is 0 Å². The summed E-state index contributed by atoms with van der Waals surface area (Å²) < 4.78 is 5.49. The van der Waals surface area contributed by atoms with Crippen LogP contribution in [0.15, 0.2) is 0 Å². The first kappa shape index (κ1) is 19.1. The van der Waals surface area contributed by atoms with Gasteiger partial charge in [0.1, 0.15) is 16.5 Å². The summed E-state index contributed by atoms with van der Waals surface area (Å²) in [5, 5.41) is 5.06. The number of rotatable bonds is 6. The SMILES string of the molecule is CCC(CC)Nc1nc(CN2CCOCC2)nc2sc3c(c12)CC[C@@H](C)C3. The quantitative estimate of drug-likeness (QED) is 0.802. The van der Waals surface area contributed by atoms with Gasteiger partial charge < -0.3 is 10.1 Å². The van der Waals surface area contributed by atoms with Gasteiger partial charge in [-0.1, -0.05) is 20.8 Å². The number of morpholine rings is 1. The number of nitrogens with zero attached hydrogens (tertiary/aromatic N) is 3. The van der Waals surface area contributed by atoms with Gasteiger partial charge in [0.2, 0.25) is 0 Å². The summed E-state index contributed by atoms with van der Waals surface area (Å²) >= 11 is 1.90. The summed E-state index contributed by atoms with van der Waals surface area (Å²) in [7, 11) is 0. The predicted octanol–water partition coefficient (Wildman–Crippen LogP) is 4.25. The first-order valence-corrected chi connectivity index (χ1v) is 11.4. The number of fused-ring (bicyclic) bond motifs is 3. The number of thiophene rings is 1. The van der Waals surface area contributed by atoms with E-state index in [2.05, 4.69) is 31.0 Å². The zero-order valence-corrected chi connectivity index (χ0v) is 17.7. The molecule has 27 heavy (non-hydrogen) atoms. The largest absolute Gasteiger partial charge is 0.379 e. The molecule has 1 aliphatic carbocycles. The van der Waals surface area contributed by atoms with Crippen molar-refractivity contribution in [3.8, 4) is 0 Å². The molecule has 4 rings (SSSR count). The Morgan fingerprint density at radius 2 is 2.00 bits per heavy atom. The van der Waals surface area contributed by atoms with Crippen LogP contribution in [0, 0.1) is 5.92 Å². The highest BCUT2D eigenvalue weighted by molar-refractivity contribution is 7.19. The van der Waals surface area contributed by atoms with Crippen molar-refractivity contribution in [2.24, 2.45) is 5.92 Å². The van der Waals surface area contributed by atoms with Crippen molar-refractivity contribution in [1.29, 1.82) is 0 Å². The number of aryl methyl sites for hydroxylation is 1. The number of ether oxygens (including phenoxy) is 1. The second-order valence-corrected chi connectivity index (χ2v) is 9.15. The Bertz CT molecular complexity index is 780. The summed E-state index contributed by atoms with van der Waals surface area (Å²) in [4.78, 5) is 15.2. The van der Waals surface area contributed by atoms with Crippen molar-refractivity contribution in [2.45, 2.75) is 65.5 Å². The van der Waals surface area contributed by atoms with Crippen LogP contribution < -0.4 is 5.32 Å². The van der Waals surface area contributed by atoms with Gasteiger partial charge in [-0.15, -0.1) is 11.3 Å². The van der Waals surface area contributed by atoms with Gasteiger partial charge in [0.15, 0.2) is 0 Å². The average Bonchev–Trinajstić information content (AvgIpc) is 3.04. The third-order valence-corrected chi connectivity index (χ3v) is 7.14. The Hall–Kier alpha value is -1.24. The molecule has 0 spiro atoms. The van der Waals surface area contributed by atoms with Gasteiger partial charge in [0.05, 0.1) is 25.1 Å². The van der Waals surface area contributed by atoms with Gasteiger partial charge in [-0.2, -0.15) is 0 Å². The summed E-state index contributed by atoms with van der Waals surface area (Å²) in [5.41, 5.74) is 1.51. The number of nitrogens with one attached hydrogen (secondary N) is 1. The summed E-state index contributed by atoms with van der Waals surface area (Å²) in [6, 6.07) is 0.470. The van der Waals surface area contributed by atoms with Crippen LogP contribution in [0.2, 0.25) is 0 Å². The molecule has 1 atom stereocenters. The van der Waals surface area contributed by atoms with E-state index in [4.69, 9.17) is 14.7 Å². The Balaban J connectivity index is 1.72. The fraction of sp³-hybridized carbons (Fsp3) is 0.714. The standard InChI is InChI=1S/C21H32N4OS/c1-4-15(5-2)22-20-19-16-7-6-14(3)12-17(16)27-21(19)24-18(23-20)13-25-8-10-26-11-9-25/h14-15H,4-13H2,1-3H3,(H,22,23,24)/t14-/m1/s1.